The fraction of sp³-hybridized carbons (Fsp3) is 0.857. The van der Waals surface area contributed by atoms with Crippen LogP contribution in [-0.2, 0) is 9.63 Å². The summed E-state index contributed by atoms with van der Waals surface area (Å²) in [6, 6.07) is 0. The molecule has 0 atom stereocenters. The van der Waals surface area contributed by atoms with E-state index in [1.807, 2.05) is 6.92 Å². The summed E-state index contributed by atoms with van der Waals surface area (Å²) in [5, 5.41) is 0. The molecular formula is C7H13NO2. The predicted molar refractivity (Wildman–Crippen MR) is 37.1 cm³/mol. The third kappa shape index (κ3) is 1.14. The molecule has 1 saturated carbocycles. The Morgan fingerprint density at radius 2 is 2.20 bits per heavy atom. The first kappa shape index (κ1) is 7.54. The highest BCUT2D eigenvalue weighted by Crippen LogP contribution is 2.40. The highest BCUT2D eigenvalue weighted by Gasteiger charge is 2.39. The second-order valence-corrected chi connectivity index (χ2v) is 3.05. The Morgan fingerprint density at radius 3 is 2.50 bits per heavy atom. The minimum atomic E-state index is -0.143. The Kier molecular flexibility index (Phi) is 1.94. The number of carbonyl (C=O) groups excluding carboxylic acids is 1. The Bertz CT molecular complexity index is 141. The number of hydroxylamine groups is 1. The Morgan fingerprint density at radius 1 is 1.60 bits per heavy atom. The molecule has 3 nitrogen and oxygen atoms in total. The number of hydrogen-bond acceptors (Lipinski definition) is 2. The smallest absolute Gasteiger partial charge is 0.249 e. The zero-order valence-corrected chi connectivity index (χ0v) is 6.44. The quantitative estimate of drug-likeness (QED) is 0.582. The molecule has 1 rings (SSSR count). The first-order chi connectivity index (χ1) is 4.69. The van der Waals surface area contributed by atoms with Gasteiger partial charge in [-0.15, -0.1) is 0 Å². The summed E-state index contributed by atoms with van der Waals surface area (Å²) in [5.74, 6) is 0.0150. The van der Waals surface area contributed by atoms with E-state index >= 15 is 0 Å². The number of amides is 1. The molecule has 0 bridgehead atoms. The SMILES string of the molecule is CONC(=O)C1(C)CCC1. The van der Waals surface area contributed by atoms with Gasteiger partial charge in [-0.1, -0.05) is 13.3 Å². The highest BCUT2D eigenvalue weighted by atomic mass is 16.6. The fourth-order valence-corrected chi connectivity index (χ4v) is 1.15. The lowest BCUT2D eigenvalue weighted by atomic mass is 9.70. The maximum atomic E-state index is 11.1. The molecule has 0 aromatic rings. The monoisotopic (exact) mass is 143 g/mol. The lowest BCUT2D eigenvalue weighted by Crippen LogP contribution is -2.42. The van der Waals surface area contributed by atoms with E-state index in [4.69, 9.17) is 0 Å². The van der Waals surface area contributed by atoms with Crippen molar-refractivity contribution in [3.05, 3.63) is 0 Å². The molecule has 1 aliphatic carbocycles. The zero-order chi connectivity index (χ0) is 7.61. The molecule has 1 fully saturated rings. The molecule has 0 aromatic heterocycles. The summed E-state index contributed by atoms with van der Waals surface area (Å²) < 4.78 is 0. The van der Waals surface area contributed by atoms with Crippen LogP contribution in [0.3, 0.4) is 0 Å². The van der Waals surface area contributed by atoms with Gasteiger partial charge in [-0.2, -0.15) is 0 Å². The van der Waals surface area contributed by atoms with Gasteiger partial charge in [0.1, 0.15) is 0 Å². The maximum absolute atomic E-state index is 11.1. The van der Waals surface area contributed by atoms with E-state index in [1.165, 1.54) is 7.11 Å². The number of carbonyl (C=O) groups is 1. The molecule has 3 heteroatoms. The van der Waals surface area contributed by atoms with Gasteiger partial charge in [0.25, 0.3) is 0 Å². The van der Waals surface area contributed by atoms with Crippen molar-refractivity contribution in [2.45, 2.75) is 26.2 Å². The summed E-state index contributed by atoms with van der Waals surface area (Å²) >= 11 is 0. The second kappa shape index (κ2) is 2.58. The average molecular weight is 143 g/mol. The molecule has 1 N–H and O–H groups in total. The molecule has 0 radical (unpaired) electrons. The van der Waals surface area contributed by atoms with Crippen molar-refractivity contribution in [3.63, 3.8) is 0 Å². The van der Waals surface area contributed by atoms with Gasteiger partial charge < -0.3 is 0 Å². The number of hydrogen-bond donors (Lipinski definition) is 1. The van der Waals surface area contributed by atoms with Crippen LogP contribution in [0, 0.1) is 5.41 Å². The van der Waals surface area contributed by atoms with Gasteiger partial charge in [0.15, 0.2) is 0 Å². The van der Waals surface area contributed by atoms with E-state index in [0.29, 0.717) is 0 Å². The summed E-state index contributed by atoms with van der Waals surface area (Å²) in [7, 11) is 1.46. The van der Waals surface area contributed by atoms with Gasteiger partial charge in [-0.3, -0.25) is 9.63 Å². The van der Waals surface area contributed by atoms with Crippen LogP contribution in [0.1, 0.15) is 26.2 Å². The van der Waals surface area contributed by atoms with E-state index in [0.717, 1.165) is 19.3 Å². The summed E-state index contributed by atoms with van der Waals surface area (Å²) in [6.07, 6.45) is 3.14. The normalized spacial score (nSPS) is 21.4. The summed E-state index contributed by atoms with van der Waals surface area (Å²) in [5.41, 5.74) is 2.21. The van der Waals surface area contributed by atoms with Crippen LogP contribution in [0.4, 0.5) is 0 Å². The molecule has 0 heterocycles. The van der Waals surface area contributed by atoms with Crippen LogP contribution in [-0.4, -0.2) is 13.0 Å². The van der Waals surface area contributed by atoms with Crippen molar-refractivity contribution < 1.29 is 9.63 Å². The molecule has 0 saturated heterocycles. The van der Waals surface area contributed by atoms with Gasteiger partial charge in [0.05, 0.1) is 7.11 Å². The van der Waals surface area contributed by atoms with E-state index in [1.54, 1.807) is 0 Å². The second-order valence-electron chi connectivity index (χ2n) is 3.05. The first-order valence-electron chi connectivity index (χ1n) is 3.52. The zero-order valence-electron chi connectivity index (χ0n) is 6.44. The van der Waals surface area contributed by atoms with E-state index in [9.17, 15) is 4.79 Å². The van der Waals surface area contributed by atoms with Crippen LogP contribution >= 0.6 is 0 Å². The topological polar surface area (TPSA) is 38.3 Å². The molecule has 58 valence electrons. The number of rotatable bonds is 2. The molecule has 0 aliphatic heterocycles. The summed E-state index contributed by atoms with van der Waals surface area (Å²) in [6.45, 7) is 1.96. The lowest BCUT2D eigenvalue weighted by Gasteiger charge is -2.35. The molecule has 0 aromatic carbocycles. The predicted octanol–water partition coefficient (Wildman–Crippen LogP) is 0.854. The van der Waals surface area contributed by atoms with Crippen molar-refractivity contribution in [3.8, 4) is 0 Å². The average Bonchev–Trinajstić information content (AvgIpc) is 1.83. The maximum Gasteiger partial charge on any atom is 0.249 e. The van der Waals surface area contributed by atoms with Crippen LogP contribution < -0.4 is 5.48 Å². The minimum Gasteiger partial charge on any atom is -0.277 e. The van der Waals surface area contributed by atoms with Gasteiger partial charge in [0.2, 0.25) is 5.91 Å². The van der Waals surface area contributed by atoms with Crippen LogP contribution in [0.25, 0.3) is 0 Å². The largest absolute Gasteiger partial charge is 0.277 e. The van der Waals surface area contributed by atoms with Crippen molar-refractivity contribution in [2.75, 3.05) is 7.11 Å². The van der Waals surface area contributed by atoms with Crippen molar-refractivity contribution in [1.29, 1.82) is 0 Å². The Hall–Kier alpha value is -0.570. The Labute approximate surface area is 60.7 Å². The van der Waals surface area contributed by atoms with Crippen LogP contribution in [0.15, 0.2) is 0 Å². The van der Waals surface area contributed by atoms with Gasteiger partial charge in [-0.05, 0) is 12.8 Å². The molecule has 1 aliphatic rings. The highest BCUT2D eigenvalue weighted by molar-refractivity contribution is 5.82. The lowest BCUT2D eigenvalue weighted by molar-refractivity contribution is -0.145. The van der Waals surface area contributed by atoms with E-state index < -0.39 is 0 Å². The first-order valence-corrected chi connectivity index (χ1v) is 3.52. The molecular weight excluding hydrogens is 130 g/mol. The van der Waals surface area contributed by atoms with Crippen LogP contribution in [0.5, 0.6) is 0 Å². The van der Waals surface area contributed by atoms with Crippen LogP contribution in [0.2, 0.25) is 0 Å². The van der Waals surface area contributed by atoms with Crippen molar-refractivity contribution in [2.24, 2.45) is 5.41 Å². The molecule has 0 spiro atoms. The van der Waals surface area contributed by atoms with E-state index in [-0.39, 0.29) is 11.3 Å². The van der Waals surface area contributed by atoms with Gasteiger partial charge in [0, 0.05) is 5.41 Å². The Balaban J connectivity index is 2.39. The van der Waals surface area contributed by atoms with E-state index in [2.05, 4.69) is 10.3 Å². The third-order valence-corrected chi connectivity index (χ3v) is 2.20. The van der Waals surface area contributed by atoms with Crippen molar-refractivity contribution in [1.82, 2.24) is 5.48 Å². The molecule has 1 amide bonds. The fourth-order valence-electron chi connectivity index (χ4n) is 1.15. The standard InChI is InChI=1S/C7H13NO2/c1-7(4-3-5-7)6(9)8-10-2/h3-5H2,1-2H3,(H,8,9). The van der Waals surface area contributed by atoms with Gasteiger partial charge >= 0.3 is 0 Å². The van der Waals surface area contributed by atoms with Gasteiger partial charge in [-0.25, -0.2) is 5.48 Å². The number of nitrogens with one attached hydrogen (secondary N) is 1. The third-order valence-electron chi connectivity index (χ3n) is 2.20. The molecule has 0 unspecified atom stereocenters. The van der Waals surface area contributed by atoms with Crippen molar-refractivity contribution >= 4 is 5.91 Å². The summed E-state index contributed by atoms with van der Waals surface area (Å²) in [4.78, 5) is 15.6. The molecule has 10 heavy (non-hydrogen) atoms. The minimum absolute atomic E-state index is 0.0150.